The summed E-state index contributed by atoms with van der Waals surface area (Å²) in [5.41, 5.74) is 10.6. The lowest BCUT2D eigenvalue weighted by Gasteiger charge is -2.47. The fraction of sp³-hybridized carbons (Fsp3) is 0.778. The van der Waals surface area contributed by atoms with E-state index in [-0.39, 0.29) is 0 Å². The molecule has 0 atom stereocenters. The van der Waals surface area contributed by atoms with Crippen molar-refractivity contribution in [2.45, 2.75) is 358 Å². The van der Waals surface area contributed by atoms with E-state index in [2.05, 4.69) is 325 Å². The van der Waals surface area contributed by atoms with E-state index < -0.39 is 0 Å². The van der Waals surface area contributed by atoms with Gasteiger partial charge in [-0.2, -0.15) is 0 Å². The molecule has 516 valence electrons. The lowest BCUT2D eigenvalue weighted by molar-refractivity contribution is -0.0698. The minimum absolute atomic E-state index is 0.364. The van der Waals surface area contributed by atoms with Crippen molar-refractivity contribution in [2.24, 2.45) is 35.5 Å². The SMILES string of the molecule is CC(C)C1CC(C(C)C)CC(C(C)C)C1.CC(C)N1CN(C(C)C)CN(C(C)C)C1.CC(C)c1cc(C(C)C)cc(C(C)C)c1.CC(C)c1cc(C(C)C)nc(C(C)C)c1.CC(C)c1cc(C(C)C)nc(C(C)C)n1.CC(C)c1nc(C(C)C)nc(C(C)C)n1. The number of pyridine rings is 1. The van der Waals surface area contributed by atoms with Crippen molar-refractivity contribution in [1.29, 1.82) is 0 Å². The monoisotopic (exact) mass is 1250 g/mol. The van der Waals surface area contributed by atoms with Gasteiger partial charge in [0.15, 0.2) is 0 Å². The molecule has 1 aromatic carbocycles. The molecule has 0 N–H and O–H groups in total. The zero-order valence-corrected chi connectivity index (χ0v) is 65.9. The van der Waals surface area contributed by atoms with Gasteiger partial charge in [0, 0.05) is 64.6 Å². The Balaban J connectivity index is 0.000000540. The van der Waals surface area contributed by atoms with E-state index in [0.29, 0.717) is 89.1 Å². The number of hydrogen-bond acceptors (Lipinski definition) is 9. The number of benzene rings is 1. The molecular weight excluding hydrogens is 1100 g/mol. The van der Waals surface area contributed by atoms with Gasteiger partial charge in [-0.15, -0.1) is 0 Å². The van der Waals surface area contributed by atoms with Gasteiger partial charge in [0.1, 0.15) is 23.3 Å². The predicted molar refractivity (Wildman–Crippen MR) is 396 cm³/mol. The highest BCUT2D eigenvalue weighted by Gasteiger charge is 2.33. The first kappa shape index (κ1) is 84.4. The molecule has 2 aliphatic rings. The molecule has 0 unspecified atom stereocenters. The van der Waals surface area contributed by atoms with Crippen LogP contribution in [0.4, 0.5) is 0 Å². The van der Waals surface area contributed by atoms with Gasteiger partial charge in [0.2, 0.25) is 0 Å². The van der Waals surface area contributed by atoms with Crippen LogP contribution in [-0.4, -0.2) is 82.7 Å². The van der Waals surface area contributed by atoms with E-state index in [4.69, 9.17) is 4.98 Å². The minimum atomic E-state index is 0.364. The maximum atomic E-state index is 4.71. The third-order valence-electron chi connectivity index (χ3n) is 18.4. The Bertz CT molecular complexity index is 1930. The summed E-state index contributed by atoms with van der Waals surface area (Å²) in [6.07, 6.45) is 4.45. The minimum Gasteiger partial charge on any atom is -0.275 e. The van der Waals surface area contributed by atoms with Gasteiger partial charge in [-0.3, -0.25) is 19.7 Å². The van der Waals surface area contributed by atoms with E-state index >= 15 is 0 Å². The quantitative estimate of drug-likeness (QED) is 0.0967. The molecule has 2 fully saturated rings. The molecular formula is C81H147N9. The van der Waals surface area contributed by atoms with Crippen LogP contribution in [0.1, 0.15) is 408 Å². The van der Waals surface area contributed by atoms with Gasteiger partial charge in [-0.05, 0) is 184 Å². The van der Waals surface area contributed by atoms with E-state index in [0.717, 1.165) is 90.2 Å². The molecule has 1 saturated carbocycles. The Labute approximate surface area is 559 Å². The molecule has 0 radical (unpaired) electrons. The van der Waals surface area contributed by atoms with Crippen molar-refractivity contribution in [2.75, 3.05) is 20.0 Å². The summed E-state index contributed by atoms with van der Waals surface area (Å²) in [7, 11) is 0. The molecule has 0 spiro atoms. The van der Waals surface area contributed by atoms with Crippen LogP contribution >= 0.6 is 0 Å². The van der Waals surface area contributed by atoms with Gasteiger partial charge in [-0.1, -0.05) is 226 Å². The predicted octanol–water partition coefficient (Wildman–Crippen LogP) is 23.6. The maximum absolute atomic E-state index is 4.71. The zero-order chi connectivity index (χ0) is 69.5. The van der Waals surface area contributed by atoms with Gasteiger partial charge in [-0.25, -0.2) is 24.9 Å². The van der Waals surface area contributed by atoms with Crippen LogP contribution in [0, 0.1) is 35.5 Å². The maximum Gasteiger partial charge on any atom is 0.135 e. The Hall–Kier alpha value is -3.66. The highest BCUT2D eigenvalue weighted by Crippen LogP contribution is 2.43. The van der Waals surface area contributed by atoms with Crippen LogP contribution in [0.5, 0.6) is 0 Å². The third-order valence-corrected chi connectivity index (χ3v) is 18.4. The number of nitrogens with zero attached hydrogens (tertiary/aromatic N) is 9. The smallest absolute Gasteiger partial charge is 0.135 e. The van der Waals surface area contributed by atoms with Crippen LogP contribution in [-0.2, 0) is 0 Å². The molecule has 1 saturated heterocycles. The molecule has 9 heteroatoms. The lowest BCUT2D eigenvalue weighted by Crippen LogP contribution is -2.59. The summed E-state index contributed by atoms with van der Waals surface area (Å²) in [6, 6.07) is 15.6. The van der Waals surface area contributed by atoms with Gasteiger partial charge in [0.25, 0.3) is 0 Å². The summed E-state index contributed by atoms with van der Waals surface area (Å²) in [5.74, 6) is 15.3. The van der Waals surface area contributed by atoms with Crippen molar-refractivity contribution in [1.82, 2.24) is 44.6 Å². The fourth-order valence-electron chi connectivity index (χ4n) is 10.7. The summed E-state index contributed by atoms with van der Waals surface area (Å²) >= 11 is 0. The summed E-state index contributed by atoms with van der Waals surface area (Å²) in [5, 5.41) is 0. The zero-order valence-electron chi connectivity index (χ0n) is 65.9. The van der Waals surface area contributed by atoms with Crippen molar-refractivity contribution in [3.63, 3.8) is 0 Å². The van der Waals surface area contributed by atoms with Crippen LogP contribution in [0.3, 0.4) is 0 Å². The second-order valence-electron chi connectivity index (χ2n) is 32.7. The van der Waals surface area contributed by atoms with Crippen LogP contribution in [0.25, 0.3) is 0 Å². The topological polar surface area (TPSA) is 87.1 Å². The first-order valence-electron chi connectivity index (χ1n) is 36.5. The second kappa shape index (κ2) is 40.6. The van der Waals surface area contributed by atoms with E-state index in [1.54, 1.807) is 0 Å². The molecule has 9 nitrogen and oxygen atoms in total. The summed E-state index contributed by atoms with van der Waals surface area (Å²) in [4.78, 5) is 35.0. The van der Waals surface area contributed by atoms with Crippen LogP contribution < -0.4 is 0 Å². The number of hydrogen-bond donors (Lipinski definition) is 0. The molecule has 4 aromatic rings. The molecule has 1 aliphatic carbocycles. The van der Waals surface area contributed by atoms with Gasteiger partial charge >= 0.3 is 0 Å². The molecule has 0 amide bonds. The first-order valence-corrected chi connectivity index (χ1v) is 36.5. The Kier molecular flexibility index (Phi) is 38.0. The van der Waals surface area contributed by atoms with Crippen LogP contribution in [0.15, 0.2) is 36.4 Å². The average molecular weight is 1250 g/mol. The largest absolute Gasteiger partial charge is 0.275 e. The lowest BCUT2D eigenvalue weighted by atomic mass is 9.65. The highest BCUT2D eigenvalue weighted by atomic mass is 15.5. The van der Waals surface area contributed by atoms with E-state index in [1.165, 1.54) is 52.9 Å². The van der Waals surface area contributed by atoms with Crippen molar-refractivity contribution >= 4 is 0 Å². The standard InChI is InChI=1S/C15H30.C15H24.C14H23N.C13H22N2.C12H27N3.C12H21N3/c2*1-10(2)13-7-14(11(3)4)9-15(8-13)12(5)6;1-9(2)12-7-13(10(3)4)15-14(8-12)11(5)6;1-8(2)11-7-12(9(3)4)15-13(14-11)10(5)6;1-10(2)13-7-14(11(3)4)9-15(8-13)12(5)6;1-7(2)10-13-11(8(3)4)15-12(14-10)9(5)6/h10-15H,7-9H2,1-6H3;7-12H,1-6H3;7-11H,1-6H3;7-10H,1-6H3;10-12H,7-9H2,1-6H3;7-9H,1-6H3. The van der Waals surface area contributed by atoms with E-state index in [9.17, 15) is 0 Å². The molecule has 90 heavy (non-hydrogen) atoms. The summed E-state index contributed by atoms with van der Waals surface area (Å²) in [6.45, 7) is 84.0. The van der Waals surface area contributed by atoms with Crippen molar-refractivity contribution < 1.29 is 0 Å². The van der Waals surface area contributed by atoms with E-state index in [1.807, 2.05) is 0 Å². The summed E-state index contributed by atoms with van der Waals surface area (Å²) < 4.78 is 0. The number of rotatable bonds is 18. The molecule has 6 rings (SSSR count). The van der Waals surface area contributed by atoms with Crippen LogP contribution in [0.2, 0.25) is 0 Å². The fourth-order valence-corrected chi connectivity index (χ4v) is 10.7. The Morgan fingerprint density at radius 2 is 0.433 bits per heavy atom. The molecule has 3 aromatic heterocycles. The molecule has 1 aliphatic heterocycles. The van der Waals surface area contributed by atoms with Crippen molar-refractivity contribution in [3.8, 4) is 0 Å². The average Bonchev–Trinajstić information content (AvgIpc) is 3.46. The third kappa shape index (κ3) is 29.7. The van der Waals surface area contributed by atoms with Gasteiger partial charge in [0.05, 0.1) is 20.0 Å². The Morgan fingerprint density at radius 3 is 0.611 bits per heavy atom. The molecule has 0 bridgehead atoms. The number of aromatic nitrogens is 6. The Morgan fingerprint density at radius 1 is 0.233 bits per heavy atom. The van der Waals surface area contributed by atoms with Crippen molar-refractivity contribution in [3.05, 3.63) is 105 Å². The highest BCUT2D eigenvalue weighted by molar-refractivity contribution is 5.35. The normalized spacial score (nSPS) is 17.1. The first-order chi connectivity index (χ1) is 41.5. The second-order valence-corrected chi connectivity index (χ2v) is 32.7. The molecule has 4 heterocycles. The van der Waals surface area contributed by atoms with Gasteiger partial charge < -0.3 is 0 Å².